The largest absolute Gasteiger partial charge is 0.380 e. The fourth-order valence-corrected chi connectivity index (χ4v) is 2.76. The van der Waals surface area contributed by atoms with Gasteiger partial charge in [0.2, 0.25) is 10.0 Å². The summed E-state index contributed by atoms with van der Waals surface area (Å²) in [6, 6.07) is 3.76. The van der Waals surface area contributed by atoms with E-state index in [9.17, 15) is 12.8 Å². The van der Waals surface area contributed by atoms with Crippen molar-refractivity contribution < 1.29 is 17.5 Å². The lowest BCUT2D eigenvalue weighted by molar-refractivity contribution is 0.114. The van der Waals surface area contributed by atoms with Gasteiger partial charge >= 0.3 is 0 Å². The van der Waals surface area contributed by atoms with Crippen LogP contribution < -0.4 is 10.0 Å². The number of nitrogens with one attached hydrogen (secondary N) is 2. The zero-order valence-corrected chi connectivity index (χ0v) is 13.5. The van der Waals surface area contributed by atoms with Crippen molar-refractivity contribution in [1.82, 2.24) is 10.0 Å². The van der Waals surface area contributed by atoms with Gasteiger partial charge in [-0.3, -0.25) is 0 Å². The molecule has 1 aromatic rings. The minimum Gasteiger partial charge on any atom is -0.380 e. The standard InChI is InChI=1S/C14H23FN2O3S/c1-11(2)10-20-7-6-17-21(18,19)13-4-5-14(15)12(8-13)9-16-3/h4-5,8,11,16-17H,6-7,9-10H2,1-3H3. The molecule has 7 heteroatoms. The summed E-state index contributed by atoms with van der Waals surface area (Å²) in [6.07, 6.45) is 0. The molecule has 0 saturated heterocycles. The topological polar surface area (TPSA) is 67.4 Å². The highest BCUT2D eigenvalue weighted by atomic mass is 32.2. The Balaban J connectivity index is 2.63. The van der Waals surface area contributed by atoms with Gasteiger partial charge < -0.3 is 10.1 Å². The summed E-state index contributed by atoms with van der Waals surface area (Å²) >= 11 is 0. The van der Waals surface area contributed by atoms with Gasteiger partial charge in [-0.25, -0.2) is 17.5 Å². The summed E-state index contributed by atoms with van der Waals surface area (Å²) in [5.74, 6) is -0.0219. The van der Waals surface area contributed by atoms with E-state index in [1.807, 2.05) is 13.8 Å². The number of sulfonamides is 1. The SMILES string of the molecule is CNCc1cc(S(=O)(=O)NCCOCC(C)C)ccc1F. The molecule has 0 heterocycles. The van der Waals surface area contributed by atoms with E-state index in [1.54, 1.807) is 7.05 Å². The van der Waals surface area contributed by atoms with E-state index in [2.05, 4.69) is 10.0 Å². The van der Waals surface area contributed by atoms with Crippen LogP contribution in [0, 0.1) is 11.7 Å². The van der Waals surface area contributed by atoms with Gasteiger partial charge in [0.05, 0.1) is 11.5 Å². The highest BCUT2D eigenvalue weighted by Gasteiger charge is 2.15. The average Bonchev–Trinajstić information content (AvgIpc) is 2.40. The van der Waals surface area contributed by atoms with Gasteiger partial charge in [0.25, 0.3) is 0 Å². The molecule has 120 valence electrons. The van der Waals surface area contributed by atoms with E-state index in [0.29, 0.717) is 24.7 Å². The summed E-state index contributed by atoms with van der Waals surface area (Å²) < 4.78 is 45.4. The molecule has 0 bridgehead atoms. The van der Waals surface area contributed by atoms with Crippen LogP contribution in [0.5, 0.6) is 0 Å². The Bertz CT molecular complexity index is 547. The zero-order valence-electron chi connectivity index (χ0n) is 12.6. The highest BCUT2D eigenvalue weighted by molar-refractivity contribution is 7.89. The Labute approximate surface area is 125 Å². The first-order valence-electron chi connectivity index (χ1n) is 6.87. The van der Waals surface area contributed by atoms with Gasteiger partial charge in [0.15, 0.2) is 0 Å². The molecule has 0 aromatic heterocycles. The fourth-order valence-electron chi connectivity index (χ4n) is 1.69. The molecular weight excluding hydrogens is 295 g/mol. The van der Waals surface area contributed by atoms with Crippen LogP contribution in [0.25, 0.3) is 0 Å². The molecule has 0 saturated carbocycles. The van der Waals surface area contributed by atoms with Crippen LogP contribution in [0.4, 0.5) is 4.39 Å². The van der Waals surface area contributed by atoms with Crippen molar-refractivity contribution in [2.45, 2.75) is 25.3 Å². The van der Waals surface area contributed by atoms with Crippen LogP contribution >= 0.6 is 0 Å². The van der Waals surface area contributed by atoms with Gasteiger partial charge in [-0.15, -0.1) is 0 Å². The second-order valence-electron chi connectivity index (χ2n) is 5.15. The maximum Gasteiger partial charge on any atom is 0.240 e. The maximum atomic E-state index is 13.5. The first-order valence-corrected chi connectivity index (χ1v) is 8.35. The summed E-state index contributed by atoms with van der Waals surface area (Å²) in [5, 5.41) is 2.80. The molecule has 1 aromatic carbocycles. The second kappa shape index (κ2) is 8.43. The fraction of sp³-hybridized carbons (Fsp3) is 0.571. The van der Waals surface area contributed by atoms with Crippen molar-refractivity contribution in [2.24, 2.45) is 5.92 Å². The van der Waals surface area contributed by atoms with Crippen molar-refractivity contribution in [1.29, 1.82) is 0 Å². The lowest BCUT2D eigenvalue weighted by Crippen LogP contribution is -2.28. The van der Waals surface area contributed by atoms with Crippen LogP contribution in [-0.2, 0) is 21.3 Å². The summed E-state index contributed by atoms with van der Waals surface area (Å²) in [6.45, 7) is 5.39. The number of hydrogen-bond donors (Lipinski definition) is 2. The number of ether oxygens (including phenoxy) is 1. The molecule has 0 unspecified atom stereocenters. The molecule has 0 aliphatic rings. The van der Waals surface area contributed by atoms with Crippen molar-refractivity contribution in [2.75, 3.05) is 26.8 Å². The van der Waals surface area contributed by atoms with Gasteiger partial charge in [0.1, 0.15) is 5.82 Å². The third-order valence-electron chi connectivity index (χ3n) is 2.68. The predicted molar refractivity (Wildman–Crippen MR) is 80.0 cm³/mol. The summed E-state index contributed by atoms with van der Waals surface area (Å²) in [5.41, 5.74) is 0.316. The normalized spacial score (nSPS) is 12.0. The van der Waals surface area contributed by atoms with Crippen LogP contribution in [0.2, 0.25) is 0 Å². The lowest BCUT2D eigenvalue weighted by Gasteiger charge is -2.10. The first kappa shape index (κ1) is 18.0. The van der Waals surface area contributed by atoms with Gasteiger partial charge in [-0.1, -0.05) is 13.8 Å². The van der Waals surface area contributed by atoms with Gasteiger partial charge in [-0.05, 0) is 31.2 Å². The first-order chi connectivity index (χ1) is 9.86. The lowest BCUT2D eigenvalue weighted by atomic mass is 10.2. The molecule has 0 atom stereocenters. The monoisotopic (exact) mass is 318 g/mol. The third kappa shape index (κ3) is 6.09. The van der Waals surface area contributed by atoms with E-state index in [-0.39, 0.29) is 18.0 Å². The van der Waals surface area contributed by atoms with E-state index in [0.717, 1.165) is 6.07 Å². The summed E-state index contributed by atoms with van der Waals surface area (Å²) in [7, 11) is -1.97. The number of rotatable bonds is 9. The molecular formula is C14H23FN2O3S. The molecule has 0 aliphatic carbocycles. The van der Waals surface area contributed by atoms with Crippen LogP contribution in [0.1, 0.15) is 19.4 Å². The molecule has 0 fully saturated rings. The van der Waals surface area contributed by atoms with Crippen molar-refractivity contribution in [3.63, 3.8) is 0 Å². The third-order valence-corrected chi connectivity index (χ3v) is 4.14. The Morgan fingerprint density at radius 3 is 2.67 bits per heavy atom. The summed E-state index contributed by atoms with van der Waals surface area (Å²) in [4.78, 5) is 0.0537. The van der Waals surface area contributed by atoms with E-state index >= 15 is 0 Å². The van der Waals surface area contributed by atoms with Crippen LogP contribution in [0.15, 0.2) is 23.1 Å². The average molecular weight is 318 g/mol. The second-order valence-corrected chi connectivity index (χ2v) is 6.92. The molecule has 2 N–H and O–H groups in total. The van der Waals surface area contributed by atoms with E-state index in [4.69, 9.17) is 4.74 Å². The molecule has 0 amide bonds. The van der Waals surface area contributed by atoms with E-state index < -0.39 is 15.8 Å². The van der Waals surface area contributed by atoms with Gasteiger partial charge in [0, 0.05) is 25.3 Å². The Morgan fingerprint density at radius 2 is 2.05 bits per heavy atom. The van der Waals surface area contributed by atoms with Crippen molar-refractivity contribution >= 4 is 10.0 Å². The Kier molecular flexibility index (Phi) is 7.24. The quantitative estimate of drug-likeness (QED) is 0.677. The van der Waals surface area contributed by atoms with Crippen LogP contribution in [0.3, 0.4) is 0 Å². The molecule has 0 aliphatic heterocycles. The van der Waals surface area contributed by atoms with Crippen LogP contribution in [-0.4, -0.2) is 35.2 Å². The van der Waals surface area contributed by atoms with Gasteiger partial charge in [-0.2, -0.15) is 0 Å². The Hall–Kier alpha value is -1.02. The van der Waals surface area contributed by atoms with Crippen molar-refractivity contribution in [3.05, 3.63) is 29.6 Å². The number of hydrogen-bond acceptors (Lipinski definition) is 4. The number of halogens is 1. The Morgan fingerprint density at radius 1 is 1.33 bits per heavy atom. The maximum absolute atomic E-state index is 13.5. The minimum atomic E-state index is -3.64. The van der Waals surface area contributed by atoms with E-state index in [1.165, 1.54) is 12.1 Å². The molecule has 21 heavy (non-hydrogen) atoms. The molecule has 1 rings (SSSR count). The molecule has 0 spiro atoms. The smallest absolute Gasteiger partial charge is 0.240 e. The number of benzene rings is 1. The highest BCUT2D eigenvalue weighted by Crippen LogP contribution is 2.14. The molecule has 0 radical (unpaired) electrons. The predicted octanol–water partition coefficient (Wildman–Crippen LogP) is 1.50. The molecule has 5 nitrogen and oxygen atoms in total. The zero-order chi connectivity index (χ0) is 15.9. The minimum absolute atomic E-state index is 0.0537. The van der Waals surface area contributed by atoms with Crippen molar-refractivity contribution in [3.8, 4) is 0 Å².